The number of Topliss-reactive ketones (excluding diaryl/α,β-unsaturated/α-hetero) is 1. The van der Waals surface area contributed by atoms with Gasteiger partial charge in [-0.15, -0.1) is 10.2 Å². The summed E-state index contributed by atoms with van der Waals surface area (Å²) >= 11 is 1.44. The van der Waals surface area contributed by atoms with Gasteiger partial charge < -0.3 is 9.73 Å². The standard InChI is InChI=1S/C15H17N3O3S/c1-7-12-10(19)5-4-6-11(12)21-13(7)14(20)16-8(2)15-18-17-9(3)22-15/h8H,4-6H2,1-3H3,(H,16,20). The molecule has 0 bridgehead atoms. The Labute approximate surface area is 131 Å². The van der Waals surface area contributed by atoms with Crippen molar-refractivity contribution < 1.29 is 14.0 Å². The van der Waals surface area contributed by atoms with E-state index in [1.807, 2.05) is 13.8 Å². The Kier molecular flexibility index (Phi) is 3.82. The van der Waals surface area contributed by atoms with E-state index >= 15 is 0 Å². The number of hydrogen-bond donors (Lipinski definition) is 1. The van der Waals surface area contributed by atoms with Gasteiger partial charge in [-0.25, -0.2) is 0 Å². The summed E-state index contributed by atoms with van der Waals surface area (Å²) in [7, 11) is 0. The molecule has 1 N–H and O–H groups in total. The Bertz CT molecular complexity index is 747. The number of carbonyl (C=O) groups excluding carboxylic acids is 2. The molecule has 2 heterocycles. The van der Waals surface area contributed by atoms with E-state index in [1.54, 1.807) is 6.92 Å². The molecule has 0 radical (unpaired) electrons. The number of rotatable bonds is 3. The number of hydrogen-bond acceptors (Lipinski definition) is 6. The summed E-state index contributed by atoms with van der Waals surface area (Å²) in [6.45, 7) is 5.48. The first-order chi connectivity index (χ1) is 10.5. The molecule has 1 atom stereocenters. The van der Waals surface area contributed by atoms with Gasteiger partial charge in [0.1, 0.15) is 15.8 Å². The van der Waals surface area contributed by atoms with Gasteiger partial charge in [-0.3, -0.25) is 9.59 Å². The fourth-order valence-corrected chi connectivity index (χ4v) is 3.38. The maximum absolute atomic E-state index is 12.4. The third kappa shape index (κ3) is 2.56. The van der Waals surface area contributed by atoms with Crippen molar-refractivity contribution in [2.24, 2.45) is 0 Å². The van der Waals surface area contributed by atoms with E-state index in [2.05, 4.69) is 15.5 Å². The largest absolute Gasteiger partial charge is 0.455 e. The second-order valence-electron chi connectivity index (χ2n) is 5.49. The van der Waals surface area contributed by atoms with Crippen molar-refractivity contribution in [1.82, 2.24) is 15.5 Å². The van der Waals surface area contributed by atoms with Gasteiger partial charge in [0.05, 0.1) is 11.6 Å². The van der Waals surface area contributed by atoms with Crippen LogP contribution >= 0.6 is 11.3 Å². The number of aromatic nitrogens is 2. The van der Waals surface area contributed by atoms with Gasteiger partial charge >= 0.3 is 0 Å². The van der Waals surface area contributed by atoms with Crippen LogP contribution in [0, 0.1) is 13.8 Å². The van der Waals surface area contributed by atoms with Crippen molar-refractivity contribution in [3.63, 3.8) is 0 Å². The molecule has 0 aromatic carbocycles. The Morgan fingerprint density at radius 3 is 2.73 bits per heavy atom. The topological polar surface area (TPSA) is 85.1 Å². The van der Waals surface area contributed by atoms with E-state index in [4.69, 9.17) is 4.42 Å². The number of furan rings is 1. The van der Waals surface area contributed by atoms with Crippen LogP contribution < -0.4 is 5.32 Å². The van der Waals surface area contributed by atoms with Gasteiger partial charge in [-0.1, -0.05) is 11.3 Å². The fraction of sp³-hybridized carbons (Fsp3) is 0.467. The average molecular weight is 319 g/mol. The Balaban J connectivity index is 1.82. The van der Waals surface area contributed by atoms with Gasteiger partial charge in [0.15, 0.2) is 11.5 Å². The number of nitrogens with zero attached hydrogens (tertiary/aromatic N) is 2. The lowest BCUT2D eigenvalue weighted by Crippen LogP contribution is -2.26. The quantitative estimate of drug-likeness (QED) is 0.940. The van der Waals surface area contributed by atoms with Crippen LogP contribution in [0.15, 0.2) is 4.42 Å². The number of nitrogens with one attached hydrogen (secondary N) is 1. The smallest absolute Gasteiger partial charge is 0.287 e. The summed E-state index contributed by atoms with van der Waals surface area (Å²) in [5.74, 6) is 0.612. The van der Waals surface area contributed by atoms with Crippen LogP contribution in [0.5, 0.6) is 0 Å². The van der Waals surface area contributed by atoms with E-state index in [0.29, 0.717) is 29.7 Å². The SMILES string of the molecule is Cc1nnc(C(C)NC(=O)c2oc3c(c2C)C(=O)CCC3)s1. The Hall–Kier alpha value is -2.02. The average Bonchev–Trinajstić information content (AvgIpc) is 3.04. The van der Waals surface area contributed by atoms with Gasteiger partial charge in [-0.05, 0) is 27.2 Å². The monoisotopic (exact) mass is 319 g/mol. The Morgan fingerprint density at radius 1 is 1.32 bits per heavy atom. The summed E-state index contributed by atoms with van der Waals surface area (Å²) < 4.78 is 5.65. The van der Waals surface area contributed by atoms with Gasteiger partial charge in [-0.2, -0.15) is 0 Å². The van der Waals surface area contributed by atoms with Crippen molar-refractivity contribution in [2.45, 2.75) is 46.1 Å². The first kappa shape index (κ1) is 14.9. The van der Waals surface area contributed by atoms with Gasteiger partial charge in [0.2, 0.25) is 0 Å². The van der Waals surface area contributed by atoms with Crippen LogP contribution in [-0.2, 0) is 6.42 Å². The summed E-state index contributed by atoms with van der Waals surface area (Å²) in [6.07, 6.45) is 2.01. The molecule has 1 amide bonds. The minimum atomic E-state index is -0.319. The minimum Gasteiger partial charge on any atom is -0.455 e. The molecule has 0 spiro atoms. The van der Waals surface area contributed by atoms with E-state index in [1.165, 1.54) is 11.3 Å². The van der Waals surface area contributed by atoms with Crippen molar-refractivity contribution in [1.29, 1.82) is 0 Å². The normalized spacial score (nSPS) is 15.5. The lowest BCUT2D eigenvalue weighted by atomic mass is 9.94. The molecule has 0 saturated carbocycles. The molecule has 1 aliphatic carbocycles. The fourth-order valence-electron chi connectivity index (χ4n) is 2.68. The lowest BCUT2D eigenvalue weighted by molar-refractivity contribution is 0.0906. The summed E-state index contributed by atoms with van der Waals surface area (Å²) in [6, 6.07) is -0.254. The molecule has 6 nitrogen and oxygen atoms in total. The number of fused-ring (bicyclic) bond motifs is 1. The molecular formula is C15H17N3O3S. The highest BCUT2D eigenvalue weighted by Gasteiger charge is 2.29. The van der Waals surface area contributed by atoms with E-state index in [9.17, 15) is 9.59 Å². The zero-order chi connectivity index (χ0) is 15.9. The first-order valence-electron chi connectivity index (χ1n) is 7.23. The molecule has 0 saturated heterocycles. The zero-order valence-electron chi connectivity index (χ0n) is 12.7. The predicted molar refractivity (Wildman–Crippen MR) is 81.2 cm³/mol. The molecule has 0 fully saturated rings. The first-order valence-corrected chi connectivity index (χ1v) is 8.05. The predicted octanol–water partition coefficient (Wildman–Crippen LogP) is 2.76. The summed E-state index contributed by atoms with van der Waals surface area (Å²) in [5.41, 5.74) is 1.23. The molecule has 2 aromatic heterocycles. The number of amides is 1. The molecule has 3 rings (SSSR count). The minimum absolute atomic E-state index is 0.0642. The number of aryl methyl sites for hydroxylation is 2. The third-order valence-electron chi connectivity index (χ3n) is 3.77. The van der Waals surface area contributed by atoms with Crippen molar-refractivity contribution >= 4 is 23.0 Å². The molecule has 7 heteroatoms. The van der Waals surface area contributed by atoms with Crippen molar-refractivity contribution in [3.8, 4) is 0 Å². The highest BCUT2D eigenvalue weighted by molar-refractivity contribution is 7.11. The number of ketones is 1. The highest BCUT2D eigenvalue weighted by atomic mass is 32.1. The van der Waals surface area contributed by atoms with Gasteiger partial charge in [0.25, 0.3) is 5.91 Å². The van der Waals surface area contributed by atoms with Gasteiger partial charge in [0, 0.05) is 18.4 Å². The second kappa shape index (κ2) is 5.64. The van der Waals surface area contributed by atoms with Crippen LogP contribution in [0.25, 0.3) is 0 Å². The van der Waals surface area contributed by atoms with Crippen LogP contribution in [0.3, 0.4) is 0 Å². The molecule has 1 aliphatic rings. The molecule has 22 heavy (non-hydrogen) atoms. The molecular weight excluding hydrogens is 302 g/mol. The van der Waals surface area contributed by atoms with E-state index in [0.717, 1.165) is 16.4 Å². The summed E-state index contributed by atoms with van der Waals surface area (Å²) in [5, 5.41) is 12.4. The highest BCUT2D eigenvalue weighted by Crippen LogP contribution is 2.29. The molecule has 1 unspecified atom stereocenters. The van der Waals surface area contributed by atoms with Crippen molar-refractivity contribution in [2.75, 3.05) is 0 Å². The summed E-state index contributed by atoms with van der Waals surface area (Å²) in [4.78, 5) is 24.4. The molecule has 116 valence electrons. The zero-order valence-corrected chi connectivity index (χ0v) is 13.5. The maximum atomic E-state index is 12.4. The van der Waals surface area contributed by atoms with Crippen LogP contribution in [0.1, 0.15) is 68.1 Å². The third-order valence-corrected chi connectivity index (χ3v) is 4.79. The van der Waals surface area contributed by atoms with Crippen LogP contribution in [-0.4, -0.2) is 21.9 Å². The number of carbonyl (C=O) groups is 2. The van der Waals surface area contributed by atoms with E-state index in [-0.39, 0.29) is 23.5 Å². The van der Waals surface area contributed by atoms with Crippen LogP contribution in [0.2, 0.25) is 0 Å². The second-order valence-corrected chi connectivity index (χ2v) is 6.70. The van der Waals surface area contributed by atoms with E-state index < -0.39 is 0 Å². The Morgan fingerprint density at radius 2 is 2.09 bits per heavy atom. The molecule has 2 aromatic rings. The van der Waals surface area contributed by atoms with Crippen LogP contribution in [0.4, 0.5) is 0 Å². The lowest BCUT2D eigenvalue weighted by Gasteiger charge is -2.09. The maximum Gasteiger partial charge on any atom is 0.287 e. The van der Waals surface area contributed by atoms with Crippen molar-refractivity contribution in [3.05, 3.63) is 32.7 Å². The molecule has 0 aliphatic heterocycles.